The second-order valence-electron chi connectivity index (χ2n) is 6.28. The summed E-state index contributed by atoms with van der Waals surface area (Å²) in [5.74, 6) is 1.25. The molecule has 0 aliphatic carbocycles. The van der Waals surface area contributed by atoms with E-state index in [-0.39, 0.29) is 5.97 Å². The number of methoxy groups -OCH3 is 2. The van der Waals surface area contributed by atoms with Crippen molar-refractivity contribution < 1.29 is 19.0 Å². The molecule has 0 radical (unpaired) electrons. The molecule has 1 heterocycles. The van der Waals surface area contributed by atoms with E-state index in [9.17, 15) is 4.79 Å². The van der Waals surface area contributed by atoms with Gasteiger partial charge < -0.3 is 14.2 Å². The van der Waals surface area contributed by atoms with Gasteiger partial charge in [0.25, 0.3) is 0 Å². The number of nitrogens with zero attached hydrogens (tertiary/aromatic N) is 1. The largest absolute Gasteiger partial charge is 0.497 e. The molecule has 3 rings (SSSR count). The van der Waals surface area contributed by atoms with Crippen LogP contribution in [-0.4, -0.2) is 25.2 Å². The maximum absolute atomic E-state index is 11.5. The van der Waals surface area contributed by atoms with Gasteiger partial charge in [-0.15, -0.1) is 0 Å². The van der Waals surface area contributed by atoms with Crippen LogP contribution in [0.1, 0.15) is 27.2 Å². The number of carbonyl (C=O) groups is 1. The van der Waals surface area contributed by atoms with Crippen LogP contribution in [0.3, 0.4) is 0 Å². The smallest absolute Gasteiger partial charge is 0.337 e. The van der Waals surface area contributed by atoms with Gasteiger partial charge >= 0.3 is 5.97 Å². The zero-order valence-corrected chi connectivity index (χ0v) is 16.1. The van der Waals surface area contributed by atoms with Crippen LogP contribution in [-0.2, 0) is 24.2 Å². The Balaban J connectivity index is 1.62. The van der Waals surface area contributed by atoms with E-state index >= 15 is 0 Å². The predicted molar refractivity (Wildman–Crippen MR) is 107 cm³/mol. The summed E-state index contributed by atoms with van der Waals surface area (Å²) >= 11 is 0. The van der Waals surface area contributed by atoms with Gasteiger partial charge in [0.2, 0.25) is 0 Å². The number of esters is 1. The lowest BCUT2D eigenvalue weighted by Gasteiger charge is -2.11. The summed E-state index contributed by atoms with van der Waals surface area (Å²) in [7, 11) is 3.03. The molecule has 2 aromatic carbocycles. The monoisotopic (exact) mass is 377 g/mol. The van der Waals surface area contributed by atoms with E-state index in [0.717, 1.165) is 41.2 Å². The predicted octanol–water partition coefficient (Wildman–Crippen LogP) is 4.24. The number of hydrogen-bond donors (Lipinski definition) is 0. The molecule has 0 spiro atoms. The van der Waals surface area contributed by atoms with Crippen LogP contribution in [0.5, 0.6) is 11.5 Å². The van der Waals surface area contributed by atoms with Crippen molar-refractivity contribution in [1.29, 1.82) is 0 Å². The lowest BCUT2D eigenvalue weighted by molar-refractivity contribution is 0.0600. The molecular formula is C23H23NO4. The fourth-order valence-electron chi connectivity index (χ4n) is 2.85. The van der Waals surface area contributed by atoms with Crippen molar-refractivity contribution in [1.82, 2.24) is 4.98 Å². The zero-order chi connectivity index (χ0) is 19.8. The Bertz CT molecular complexity index is 922. The molecule has 5 heteroatoms. The molecular weight excluding hydrogens is 354 g/mol. The van der Waals surface area contributed by atoms with Gasteiger partial charge in [0, 0.05) is 6.20 Å². The minimum absolute atomic E-state index is 0.329. The van der Waals surface area contributed by atoms with Crippen molar-refractivity contribution >= 4 is 5.97 Å². The molecule has 0 saturated carbocycles. The first-order chi connectivity index (χ1) is 13.7. The van der Waals surface area contributed by atoms with E-state index in [0.29, 0.717) is 12.2 Å². The fourth-order valence-corrected chi connectivity index (χ4v) is 2.85. The number of pyridine rings is 1. The Morgan fingerprint density at radius 1 is 0.929 bits per heavy atom. The minimum atomic E-state index is -0.329. The Labute approximate surface area is 164 Å². The third kappa shape index (κ3) is 5.10. The first-order valence-electron chi connectivity index (χ1n) is 9.06. The van der Waals surface area contributed by atoms with E-state index in [1.165, 1.54) is 7.11 Å². The van der Waals surface area contributed by atoms with Gasteiger partial charge in [0.1, 0.15) is 18.1 Å². The fraction of sp³-hybridized carbons (Fsp3) is 0.217. The van der Waals surface area contributed by atoms with Crippen LogP contribution in [0.15, 0.2) is 66.9 Å². The molecule has 0 saturated heterocycles. The van der Waals surface area contributed by atoms with E-state index < -0.39 is 0 Å². The molecule has 0 atom stereocenters. The van der Waals surface area contributed by atoms with Gasteiger partial charge in [-0.3, -0.25) is 4.98 Å². The lowest BCUT2D eigenvalue weighted by Crippen LogP contribution is -2.03. The van der Waals surface area contributed by atoms with Gasteiger partial charge in [0.05, 0.1) is 25.5 Å². The maximum atomic E-state index is 11.5. The summed E-state index contributed by atoms with van der Waals surface area (Å²) in [6.45, 7) is 0.448. The van der Waals surface area contributed by atoms with Gasteiger partial charge in [0.15, 0.2) is 0 Å². The molecule has 5 nitrogen and oxygen atoms in total. The number of ether oxygens (including phenoxy) is 3. The third-order valence-electron chi connectivity index (χ3n) is 4.40. The van der Waals surface area contributed by atoms with Crippen LogP contribution >= 0.6 is 0 Å². The average Bonchev–Trinajstić information content (AvgIpc) is 2.76. The number of benzene rings is 2. The highest BCUT2D eigenvalue weighted by Crippen LogP contribution is 2.21. The Morgan fingerprint density at radius 2 is 1.75 bits per heavy atom. The van der Waals surface area contributed by atoms with Gasteiger partial charge in [-0.2, -0.15) is 0 Å². The average molecular weight is 377 g/mol. The molecule has 0 bridgehead atoms. The second-order valence-corrected chi connectivity index (χ2v) is 6.28. The summed E-state index contributed by atoms with van der Waals surface area (Å²) < 4.78 is 16.0. The quantitative estimate of drug-likeness (QED) is 0.550. The number of rotatable bonds is 8. The van der Waals surface area contributed by atoms with Crippen molar-refractivity contribution in [2.24, 2.45) is 0 Å². The standard InChI is InChI=1S/C23H23NO4/c1-26-20-6-3-5-18(15-20)16-28-22-7-4-14-24-21(22)13-10-17-8-11-19(12-9-17)23(25)27-2/h3-9,11-12,14-15H,10,13,16H2,1-2H3. The molecule has 1 aromatic heterocycles. The van der Waals surface area contributed by atoms with Crippen molar-refractivity contribution in [2.45, 2.75) is 19.4 Å². The Hall–Kier alpha value is -3.34. The molecule has 0 N–H and O–H groups in total. The third-order valence-corrected chi connectivity index (χ3v) is 4.40. The Morgan fingerprint density at radius 3 is 2.50 bits per heavy atom. The van der Waals surface area contributed by atoms with Gasteiger partial charge in [-0.1, -0.05) is 24.3 Å². The first kappa shape index (κ1) is 19.4. The summed E-state index contributed by atoms with van der Waals surface area (Å²) in [6, 6.07) is 19.0. The Kier molecular flexibility index (Phi) is 6.63. The second kappa shape index (κ2) is 9.55. The summed E-state index contributed by atoms with van der Waals surface area (Å²) in [5.41, 5.74) is 3.61. The molecule has 0 aliphatic rings. The summed E-state index contributed by atoms with van der Waals surface area (Å²) in [4.78, 5) is 16.0. The van der Waals surface area contributed by atoms with E-state index in [4.69, 9.17) is 14.2 Å². The zero-order valence-electron chi connectivity index (χ0n) is 16.1. The first-order valence-corrected chi connectivity index (χ1v) is 9.06. The number of carbonyl (C=O) groups excluding carboxylic acids is 1. The number of hydrogen-bond acceptors (Lipinski definition) is 5. The normalized spacial score (nSPS) is 10.4. The maximum Gasteiger partial charge on any atom is 0.337 e. The molecule has 3 aromatic rings. The molecule has 0 amide bonds. The van der Waals surface area contributed by atoms with Crippen LogP contribution in [0.2, 0.25) is 0 Å². The summed E-state index contributed by atoms with van der Waals surface area (Å²) in [5, 5.41) is 0. The molecule has 0 unspecified atom stereocenters. The van der Waals surface area contributed by atoms with Crippen molar-refractivity contribution in [3.05, 3.63) is 89.2 Å². The van der Waals surface area contributed by atoms with Gasteiger partial charge in [-0.25, -0.2) is 4.79 Å². The van der Waals surface area contributed by atoms with Gasteiger partial charge in [-0.05, 0) is 60.4 Å². The SMILES string of the molecule is COC(=O)c1ccc(CCc2ncccc2OCc2cccc(OC)c2)cc1. The van der Waals surface area contributed by atoms with Crippen LogP contribution in [0, 0.1) is 0 Å². The highest BCUT2D eigenvalue weighted by atomic mass is 16.5. The van der Waals surface area contributed by atoms with E-state index in [2.05, 4.69) is 4.98 Å². The van der Waals surface area contributed by atoms with Crippen LogP contribution < -0.4 is 9.47 Å². The van der Waals surface area contributed by atoms with E-state index in [1.54, 1.807) is 25.4 Å². The molecule has 28 heavy (non-hydrogen) atoms. The van der Waals surface area contributed by atoms with Crippen LogP contribution in [0.4, 0.5) is 0 Å². The topological polar surface area (TPSA) is 57.7 Å². The van der Waals surface area contributed by atoms with Crippen molar-refractivity contribution in [3.63, 3.8) is 0 Å². The number of aromatic nitrogens is 1. The highest BCUT2D eigenvalue weighted by molar-refractivity contribution is 5.89. The molecule has 144 valence electrons. The molecule has 0 fully saturated rings. The minimum Gasteiger partial charge on any atom is -0.497 e. The van der Waals surface area contributed by atoms with E-state index in [1.807, 2.05) is 48.5 Å². The summed E-state index contributed by atoms with van der Waals surface area (Å²) in [6.07, 6.45) is 3.31. The highest BCUT2D eigenvalue weighted by Gasteiger charge is 2.08. The number of aryl methyl sites for hydroxylation is 2. The van der Waals surface area contributed by atoms with Crippen molar-refractivity contribution in [2.75, 3.05) is 14.2 Å². The lowest BCUT2D eigenvalue weighted by atomic mass is 10.1. The molecule has 0 aliphatic heterocycles. The van der Waals surface area contributed by atoms with Crippen LogP contribution in [0.25, 0.3) is 0 Å². The van der Waals surface area contributed by atoms with Crippen molar-refractivity contribution in [3.8, 4) is 11.5 Å².